The molecule has 0 atom stereocenters. The van der Waals surface area contributed by atoms with E-state index in [4.69, 9.17) is 10.8 Å². The molecule has 6 nitrogen and oxygen atoms in total. The van der Waals surface area contributed by atoms with Crippen LogP contribution in [0.1, 0.15) is 33.6 Å². The smallest absolute Gasteiger partial charge is 0.339 e. The van der Waals surface area contributed by atoms with E-state index in [2.05, 4.69) is 4.98 Å². The van der Waals surface area contributed by atoms with Crippen LogP contribution >= 0.6 is 0 Å². The lowest BCUT2D eigenvalue weighted by molar-refractivity contribution is 0.0697. The number of aromatic carboxylic acids is 1. The monoisotopic (exact) mass is 311 g/mol. The summed E-state index contributed by atoms with van der Waals surface area (Å²) in [6.07, 6.45) is 3.59. The van der Waals surface area contributed by atoms with Crippen LogP contribution in [-0.2, 0) is 0 Å². The minimum Gasteiger partial charge on any atom is -0.478 e. The highest BCUT2D eigenvalue weighted by Gasteiger charge is 2.20. The van der Waals surface area contributed by atoms with Crippen LogP contribution in [0.4, 0.5) is 5.82 Å². The minimum absolute atomic E-state index is 0.00575. The number of carboxylic acid groups (broad SMARTS) is 1. The van der Waals surface area contributed by atoms with Gasteiger partial charge in [0.15, 0.2) is 0 Å². The van der Waals surface area contributed by atoms with Crippen molar-refractivity contribution in [2.45, 2.75) is 12.8 Å². The number of amides is 1. The number of benzene rings is 1. The summed E-state index contributed by atoms with van der Waals surface area (Å²) < 4.78 is 0. The molecular formula is C17H17N3O3. The van der Waals surface area contributed by atoms with Crippen molar-refractivity contribution in [3.63, 3.8) is 0 Å². The van der Waals surface area contributed by atoms with E-state index in [1.54, 1.807) is 18.2 Å². The Morgan fingerprint density at radius 1 is 1.13 bits per heavy atom. The predicted octanol–water partition coefficient (Wildman–Crippen LogP) is 2.26. The quantitative estimate of drug-likeness (QED) is 0.906. The van der Waals surface area contributed by atoms with E-state index in [-0.39, 0.29) is 17.3 Å². The summed E-state index contributed by atoms with van der Waals surface area (Å²) in [4.78, 5) is 29.4. The lowest BCUT2D eigenvalue weighted by Crippen LogP contribution is -2.27. The average molecular weight is 311 g/mol. The SMILES string of the molecule is Nc1ncc(-c2cccc(C(=O)N3CCCC3)c2)cc1C(=O)O. The summed E-state index contributed by atoms with van der Waals surface area (Å²) in [7, 11) is 0. The fourth-order valence-corrected chi connectivity index (χ4v) is 2.74. The number of nitrogens with zero attached hydrogens (tertiary/aromatic N) is 2. The van der Waals surface area contributed by atoms with Crippen LogP contribution in [0.15, 0.2) is 36.5 Å². The van der Waals surface area contributed by atoms with E-state index in [1.165, 1.54) is 12.3 Å². The van der Waals surface area contributed by atoms with Crippen molar-refractivity contribution >= 4 is 17.7 Å². The Balaban J connectivity index is 1.95. The number of nitrogens with two attached hydrogens (primary N) is 1. The summed E-state index contributed by atoms with van der Waals surface area (Å²) in [6.45, 7) is 1.57. The molecule has 0 bridgehead atoms. The number of nitrogen functional groups attached to an aromatic ring is 1. The van der Waals surface area contributed by atoms with Crippen LogP contribution in [0, 0.1) is 0 Å². The summed E-state index contributed by atoms with van der Waals surface area (Å²) in [5.74, 6) is -1.14. The van der Waals surface area contributed by atoms with Gasteiger partial charge in [0, 0.05) is 30.4 Å². The Labute approximate surface area is 133 Å². The Morgan fingerprint density at radius 2 is 1.87 bits per heavy atom. The van der Waals surface area contributed by atoms with Gasteiger partial charge >= 0.3 is 5.97 Å². The lowest BCUT2D eigenvalue weighted by Gasteiger charge is -2.15. The molecule has 23 heavy (non-hydrogen) atoms. The maximum absolute atomic E-state index is 12.5. The summed E-state index contributed by atoms with van der Waals surface area (Å²) in [5.41, 5.74) is 7.49. The lowest BCUT2D eigenvalue weighted by atomic mass is 10.0. The largest absolute Gasteiger partial charge is 0.478 e. The van der Waals surface area contributed by atoms with Gasteiger partial charge in [0.25, 0.3) is 5.91 Å². The van der Waals surface area contributed by atoms with Crippen molar-refractivity contribution in [1.29, 1.82) is 0 Å². The molecule has 1 fully saturated rings. The van der Waals surface area contributed by atoms with Crippen molar-refractivity contribution in [2.24, 2.45) is 0 Å². The molecule has 1 aromatic heterocycles. The third kappa shape index (κ3) is 3.01. The van der Waals surface area contributed by atoms with E-state index in [1.807, 2.05) is 11.0 Å². The molecular weight excluding hydrogens is 294 g/mol. The first-order valence-corrected chi connectivity index (χ1v) is 7.45. The normalized spacial score (nSPS) is 14.0. The second kappa shape index (κ2) is 6.08. The van der Waals surface area contributed by atoms with Gasteiger partial charge in [-0.3, -0.25) is 4.79 Å². The van der Waals surface area contributed by atoms with Crippen LogP contribution in [0.3, 0.4) is 0 Å². The van der Waals surface area contributed by atoms with Gasteiger partial charge < -0.3 is 15.7 Å². The van der Waals surface area contributed by atoms with Crippen molar-refractivity contribution in [3.05, 3.63) is 47.7 Å². The average Bonchev–Trinajstić information content (AvgIpc) is 3.09. The summed E-state index contributed by atoms with van der Waals surface area (Å²) in [6, 6.07) is 8.62. The van der Waals surface area contributed by atoms with Gasteiger partial charge in [0.2, 0.25) is 0 Å². The van der Waals surface area contributed by atoms with Gasteiger partial charge in [-0.15, -0.1) is 0 Å². The second-order valence-electron chi connectivity index (χ2n) is 5.54. The molecule has 1 amide bonds. The third-order valence-corrected chi connectivity index (χ3v) is 3.99. The van der Waals surface area contributed by atoms with Gasteiger partial charge in [-0.25, -0.2) is 9.78 Å². The molecule has 1 aromatic carbocycles. The van der Waals surface area contributed by atoms with Crippen LogP contribution in [0.5, 0.6) is 0 Å². The van der Waals surface area contributed by atoms with Crippen molar-refractivity contribution in [1.82, 2.24) is 9.88 Å². The molecule has 2 aromatic rings. The highest BCUT2D eigenvalue weighted by Crippen LogP contribution is 2.24. The molecule has 118 valence electrons. The minimum atomic E-state index is -1.12. The van der Waals surface area contributed by atoms with E-state index in [0.29, 0.717) is 11.1 Å². The molecule has 3 rings (SSSR count). The molecule has 3 N–H and O–H groups in total. The number of anilines is 1. The predicted molar refractivity (Wildman–Crippen MR) is 86.2 cm³/mol. The molecule has 0 unspecified atom stereocenters. The third-order valence-electron chi connectivity index (χ3n) is 3.99. The molecule has 0 saturated carbocycles. The number of carbonyl (C=O) groups is 2. The van der Waals surface area contributed by atoms with E-state index < -0.39 is 5.97 Å². The van der Waals surface area contributed by atoms with Gasteiger partial charge in [0.1, 0.15) is 11.4 Å². The summed E-state index contributed by atoms with van der Waals surface area (Å²) >= 11 is 0. The molecule has 1 aliphatic heterocycles. The number of carbonyl (C=O) groups excluding carboxylic acids is 1. The van der Waals surface area contributed by atoms with Gasteiger partial charge in [0.05, 0.1) is 0 Å². The number of hydrogen-bond acceptors (Lipinski definition) is 4. The van der Waals surface area contributed by atoms with E-state index in [9.17, 15) is 9.59 Å². The van der Waals surface area contributed by atoms with Crippen LogP contribution in [0.25, 0.3) is 11.1 Å². The van der Waals surface area contributed by atoms with E-state index >= 15 is 0 Å². The Hall–Kier alpha value is -2.89. The van der Waals surface area contributed by atoms with Crippen LogP contribution in [-0.4, -0.2) is 40.0 Å². The highest BCUT2D eigenvalue weighted by atomic mass is 16.4. The molecule has 0 aliphatic carbocycles. The Kier molecular flexibility index (Phi) is 3.97. The van der Waals surface area contributed by atoms with Crippen LogP contribution in [0.2, 0.25) is 0 Å². The number of rotatable bonds is 3. The van der Waals surface area contributed by atoms with Crippen LogP contribution < -0.4 is 5.73 Å². The van der Waals surface area contributed by atoms with E-state index in [0.717, 1.165) is 31.5 Å². The maximum atomic E-state index is 12.5. The Morgan fingerprint density at radius 3 is 2.57 bits per heavy atom. The van der Waals surface area contributed by atoms with Crippen molar-refractivity contribution in [3.8, 4) is 11.1 Å². The van der Waals surface area contributed by atoms with Crippen molar-refractivity contribution in [2.75, 3.05) is 18.8 Å². The van der Waals surface area contributed by atoms with Gasteiger partial charge in [-0.05, 0) is 36.6 Å². The topological polar surface area (TPSA) is 96.5 Å². The molecule has 2 heterocycles. The molecule has 1 aliphatic rings. The summed E-state index contributed by atoms with van der Waals surface area (Å²) in [5, 5.41) is 9.14. The maximum Gasteiger partial charge on any atom is 0.339 e. The molecule has 0 radical (unpaired) electrons. The Bertz CT molecular complexity index is 767. The zero-order valence-corrected chi connectivity index (χ0v) is 12.5. The number of likely N-dealkylation sites (tertiary alicyclic amines) is 1. The second-order valence-corrected chi connectivity index (χ2v) is 5.54. The molecule has 6 heteroatoms. The first-order valence-electron chi connectivity index (χ1n) is 7.45. The first-order chi connectivity index (χ1) is 11.1. The fourth-order valence-electron chi connectivity index (χ4n) is 2.74. The number of carboxylic acids is 1. The molecule has 1 saturated heterocycles. The number of hydrogen-bond donors (Lipinski definition) is 2. The zero-order valence-electron chi connectivity index (χ0n) is 12.5. The van der Waals surface area contributed by atoms with Crippen molar-refractivity contribution < 1.29 is 14.7 Å². The molecule has 0 spiro atoms. The first kappa shape index (κ1) is 15.0. The fraction of sp³-hybridized carbons (Fsp3) is 0.235. The zero-order chi connectivity index (χ0) is 16.4. The standard InChI is InChI=1S/C17H17N3O3/c18-15-14(17(22)23)9-13(10-19-15)11-4-3-5-12(8-11)16(21)20-6-1-2-7-20/h3-5,8-10H,1-2,6-7H2,(H2,18,19)(H,22,23). The van der Waals surface area contributed by atoms with Gasteiger partial charge in [-0.2, -0.15) is 0 Å². The highest BCUT2D eigenvalue weighted by molar-refractivity contribution is 5.96. The number of pyridine rings is 1. The number of aromatic nitrogens is 1. The van der Waals surface area contributed by atoms with Gasteiger partial charge in [-0.1, -0.05) is 12.1 Å².